The molecule has 0 bridgehead atoms. The Morgan fingerprint density at radius 2 is 1.86 bits per heavy atom. The lowest BCUT2D eigenvalue weighted by molar-refractivity contribution is -0.147. The molecule has 0 aromatic heterocycles. The monoisotopic (exact) mass is 329 g/mol. The molecule has 1 aromatic rings. The molecule has 0 heterocycles. The van der Waals surface area contributed by atoms with E-state index in [1.807, 2.05) is 0 Å². The molecule has 22 heavy (non-hydrogen) atoms. The number of carboxylic acids is 1. The lowest BCUT2D eigenvalue weighted by Gasteiger charge is -2.26. The molecule has 0 aliphatic carbocycles. The van der Waals surface area contributed by atoms with Crippen LogP contribution in [0.25, 0.3) is 0 Å². The van der Waals surface area contributed by atoms with Gasteiger partial charge in [-0.25, -0.2) is 4.39 Å². The molecule has 0 spiro atoms. The number of carbonyl (C=O) groups is 2. The fraction of sp³-hybridized carbons (Fsp3) is 0.500. The summed E-state index contributed by atoms with van der Waals surface area (Å²) in [5, 5.41) is 12.0. The van der Waals surface area contributed by atoms with Crippen molar-refractivity contribution in [2.45, 2.75) is 39.5 Å². The van der Waals surface area contributed by atoms with E-state index >= 15 is 0 Å². The number of carbonyl (C=O) groups excluding carboxylic acids is 1. The van der Waals surface area contributed by atoms with Crippen LogP contribution in [-0.4, -0.2) is 23.5 Å². The van der Waals surface area contributed by atoms with Gasteiger partial charge in [-0.3, -0.25) is 9.59 Å². The lowest BCUT2D eigenvalue weighted by Crippen LogP contribution is -2.42. The predicted molar refractivity (Wildman–Crippen MR) is 83.5 cm³/mol. The number of halogens is 2. The first-order chi connectivity index (χ1) is 9.98. The number of hydrogen-bond donors (Lipinski definition) is 2. The second-order valence-electron chi connectivity index (χ2n) is 6.44. The third-order valence-corrected chi connectivity index (χ3v) is 4.02. The van der Waals surface area contributed by atoms with Gasteiger partial charge in [-0.1, -0.05) is 17.7 Å². The third-order valence-electron chi connectivity index (χ3n) is 3.79. The molecule has 0 aliphatic rings. The van der Waals surface area contributed by atoms with Crippen molar-refractivity contribution in [2.24, 2.45) is 5.41 Å². The molecule has 0 unspecified atom stereocenters. The quantitative estimate of drug-likeness (QED) is 0.840. The molecule has 0 aliphatic heterocycles. The SMILES string of the molecule is CC(C)(CCNC(=O)C(C)(C)c1ccc(Cl)cc1F)C(=O)O. The van der Waals surface area contributed by atoms with Gasteiger partial charge in [0, 0.05) is 17.1 Å². The first kappa shape index (κ1) is 18.4. The second kappa shape index (κ2) is 6.65. The van der Waals surface area contributed by atoms with Gasteiger partial charge in [0.15, 0.2) is 0 Å². The topological polar surface area (TPSA) is 66.4 Å². The van der Waals surface area contributed by atoms with Crippen LogP contribution in [-0.2, 0) is 15.0 Å². The maximum Gasteiger partial charge on any atom is 0.309 e. The first-order valence-corrected chi connectivity index (χ1v) is 7.33. The van der Waals surface area contributed by atoms with Crippen molar-refractivity contribution in [2.75, 3.05) is 6.54 Å². The smallest absolute Gasteiger partial charge is 0.309 e. The minimum absolute atomic E-state index is 0.205. The van der Waals surface area contributed by atoms with Crippen molar-refractivity contribution < 1.29 is 19.1 Å². The van der Waals surface area contributed by atoms with Crippen molar-refractivity contribution >= 4 is 23.5 Å². The van der Waals surface area contributed by atoms with Gasteiger partial charge in [0.2, 0.25) is 5.91 Å². The average molecular weight is 330 g/mol. The molecule has 1 amide bonds. The predicted octanol–water partition coefficient (Wildman–Crippen LogP) is 3.37. The van der Waals surface area contributed by atoms with Gasteiger partial charge in [-0.15, -0.1) is 0 Å². The van der Waals surface area contributed by atoms with Crippen LogP contribution in [0.15, 0.2) is 18.2 Å². The van der Waals surface area contributed by atoms with E-state index in [-0.39, 0.29) is 29.5 Å². The fourth-order valence-corrected chi connectivity index (χ4v) is 2.09. The molecule has 0 radical (unpaired) electrons. The molecule has 2 N–H and O–H groups in total. The zero-order valence-electron chi connectivity index (χ0n) is 13.2. The summed E-state index contributed by atoms with van der Waals surface area (Å²) in [5.41, 5.74) is -1.77. The van der Waals surface area contributed by atoms with Crippen molar-refractivity contribution in [3.8, 4) is 0 Å². The second-order valence-corrected chi connectivity index (χ2v) is 6.88. The Labute approximate surface area is 134 Å². The highest BCUT2D eigenvalue weighted by Gasteiger charge is 2.33. The van der Waals surface area contributed by atoms with Crippen LogP contribution in [0.5, 0.6) is 0 Å². The highest BCUT2D eigenvalue weighted by atomic mass is 35.5. The minimum atomic E-state index is -1.08. The van der Waals surface area contributed by atoms with E-state index in [9.17, 15) is 14.0 Å². The summed E-state index contributed by atoms with van der Waals surface area (Å²) < 4.78 is 14.0. The summed E-state index contributed by atoms with van der Waals surface area (Å²) in [6.07, 6.45) is 0.285. The summed E-state index contributed by atoms with van der Waals surface area (Å²) in [6, 6.07) is 4.18. The average Bonchev–Trinajstić information content (AvgIpc) is 2.37. The van der Waals surface area contributed by atoms with Crippen molar-refractivity contribution in [3.63, 3.8) is 0 Å². The Morgan fingerprint density at radius 3 is 2.36 bits per heavy atom. The van der Waals surface area contributed by atoms with Gasteiger partial charge in [0.25, 0.3) is 0 Å². The van der Waals surface area contributed by atoms with E-state index in [1.54, 1.807) is 27.7 Å². The van der Waals surface area contributed by atoms with E-state index in [0.29, 0.717) is 0 Å². The summed E-state index contributed by atoms with van der Waals surface area (Å²) >= 11 is 5.71. The number of nitrogens with one attached hydrogen (secondary N) is 1. The molecule has 6 heteroatoms. The first-order valence-electron chi connectivity index (χ1n) is 6.95. The molecular weight excluding hydrogens is 309 g/mol. The minimum Gasteiger partial charge on any atom is -0.481 e. The van der Waals surface area contributed by atoms with Gasteiger partial charge >= 0.3 is 5.97 Å². The fourth-order valence-electron chi connectivity index (χ4n) is 1.94. The molecule has 1 rings (SSSR count). The van der Waals surface area contributed by atoms with Crippen LogP contribution < -0.4 is 5.32 Å². The van der Waals surface area contributed by atoms with E-state index in [2.05, 4.69) is 5.32 Å². The maximum absolute atomic E-state index is 14.0. The highest BCUT2D eigenvalue weighted by molar-refractivity contribution is 6.30. The number of carboxylic acid groups (broad SMARTS) is 1. The maximum atomic E-state index is 14.0. The largest absolute Gasteiger partial charge is 0.481 e. The van der Waals surface area contributed by atoms with Crippen molar-refractivity contribution in [1.29, 1.82) is 0 Å². The molecule has 4 nitrogen and oxygen atoms in total. The molecule has 122 valence electrons. The Kier molecular flexibility index (Phi) is 5.57. The summed E-state index contributed by atoms with van der Waals surface area (Å²) in [7, 11) is 0. The van der Waals surface area contributed by atoms with Gasteiger partial charge in [0.1, 0.15) is 5.82 Å². The van der Waals surface area contributed by atoms with Crippen LogP contribution in [0.1, 0.15) is 39.7 Å². The van der Waals surface area contributed by atoms with Gasteiger partial charge < -0.3 is 10.4 Å². The number of hydrogen-bond acceptors (Lipinski definition) is 2. The Balaban J connectivity index is 2.77. The summed E-state index contributed by atoms with van der Waals surface area (Å²) in [4.78, 5) is 23.3. The van der Waals surface area contributed by atoms with E-state index in [4.69, 9.17) is 16.7 Å². The Bertz CT molecular complexity index is 585. The summed E-state index contributed by atoms with van der Waals surface area (Å²) in [6.45, 7) is 6.60. The van der Waals surface area contributed by atoms with E-state index in [0.717, 1.165) is 0 Å². The van der Waals surface area contributed by atoms with Crippen LogP contribution in [0.3, 0.4) is 0 Å². The molecule has 0 saturated carbocycles. The van der Waals surface area contributed by atoms with Crippen molar-refractivity contribution in [1.82, 2.24) is 5.32 Å². The third kappa shape index (κ3) is 4.19. The standard InChI is InChI=1S/C16H21ClFNO3/c1-15(2,14(21)22)7-8-19-13(20)16(3,4)11-6-5-10(17)9-12(11)18/h5-6,9H,7-8H2,1-4H3,(H,19,20)(H,21,22). The summed E-state index contributed by atoms with van der Waals surface area (Å²) in [5.74, 6) is -1.84. The normalized spacial score (nSPS) is 12.1. The van der Waals surface area contributed by atoms with E-state index in [1.165, 1.54) is 18.2 Å². The van der Waals surface area contributed by atoms with Crippen LogP contribution in [0.4, 0.5) is 4.39 Å². The van der Waals surface area contributed by atoms with Gasteiger partial charge in [-0.05, 0) is 46.2 Å². The van der Waals surface area contributed by atoms with E-state index < -0.39 is 22.6 Å². The van der Waals surface area contributed by atoms with Crippen LogP contribution in [0.2, 0.25) is 5.02 Å². The van der Waals surface area contributed by atoms with Crippen LogP contribution >= 0.6 is 11.6 Å². The number of rotatable bonds is 6. The number of amides is 1. The number of benzene rings is 1. The van der Waals surface area contributed by atoms with Crippen molar-refractivity contribution in [3.05, 3.63) is 34.6 Å². The zero-order valence-corrected chi connectivity index (χ0v) is 13.9. The number of aliphatic carboxylic acids is 1. The molecule has 0 atom stereocenters. The van der Waals surface area contributed by atoms with Gasteiger partial charge in [-0.2, -0.15) is 0 Å². The van der Waals surface area contributed by atoms with Crippen LogP contribution in [0, 0.1) is 11.2 Å². The lowest BCUT2D eigenvalue weighted by atomic mass is 9.83. The van der Waals surface area contributed by atoms with Gasteiger partial charge in [0.05, 0.1) is 10.8 Å². The highest BCUT2D eigenvalue weighted by Crippen LogP contribution is 2.28. The molecule has 0 fully saturated rings. The zero-order chi connectivity index (χ0) is 17.1. The Morgan fingerprint density at radius 1 is 1.27 bits per heavy atom. The molecule has 0 saturated heterocycles. The molecular formula is C16H21ClFNO3. The molecule has 1 aromatic carbocycles. The Hall–Kier alpha value is -1.62.